The Labute approximate surface area is 146 Å². The van der Waals surface area contributed by atoms with Gasteiger partial charge in [-0.15, -0.1) is 0 Å². The molecule has 0 N–H and O–H groups in total. The Morgan fingerprint density at radius 1 is 1.28 bits per heavy atom. The van der Waals surface area contributed by atoms with E-state index >= 15 is 0 Å². The van der Waals surface area contributed by atoms with Gasteiger partial charge in [0.1, 0.15) is 22.2 Å². The second-order valence-corrected chi connectivity index (χ2v) is 7.79. The number of rotatable bonds is 5. The monoisotopic (exact) mass is 369 g/mol. The van der Waals surface area contributed by atoms with Crippen LogP contribution >= 0.6 is 0 Å². The predicted molar refractivity (Wildman–Crippen MR) is 88.2 cm³/mol. The molecule has 1 aliphatic rings. The Balaban J connectivity index is 1.72. The first kappa shape index (κ1) is 17.8. The zero-order chi connectivity index (χ0) is 18.0. The standard InChI is InChI=1S/C16H20FN3O4S/c1-12-13(10-18-24-12)11-19-5-7-20(8-6-19)25(21,22)16-9-14(17)3-4-15(16)23-2/h3-4,9-10H,5-8,11H2,1-2H3. The average molecular weight is 369 g/mol. The summed E-state index contributed by atoms with van der Waals surface area (Å²) in [4.78, 5) is 1.99. The quantitative estimate of drug-likeness (QED) is 0.798. The van der Waals surface area contributed by atoms with Gasteiger partial charge < -0.3 is 9.26 Å². The van der Waals surface area contributed by atoms with Gasteiger partial charge in [0.15, 0.2) is 0 Å². The third-order valence-electron chi connectivity index (χ3n) is 4.32. The van der Waals surface area contributed by atoms with Crippen molar-refractivity contribution in [2.24, 2.45) is 0 Å². The van der Waals surface area contributed by atoms with Gasteiger partial charge in [-0.05, 0) is 25.1 Å². The number of aryl methyl sites for hydroxylation is 1. The molecule has 1 fully saturated rings. The number of aromatic nitrogens is 1. The maximum Gasteiger partial charge on any atom is 0.246 e. The number of ether oxygens (including phenoxy) is 1. The molecule has 1 aromatic carbocycles. The molecule has 0 spiro atoms. The molecule has 0 bridgehead atoms. The lowest BCUT2D eigenvalue weighted by molar-refractivity contribution is 0.180. The van der Waals surface area contributed by atoms with Gasteiger partial charge >= 0.3 is 0 Å². The van der Waals surface area contributed by atoms with Gasteiger partial charge in [-0.1, -0.05) is 5.16 Å². The minimum atomic E-state index is -3.81. The summed E-state index contributed by atoms with van der Waals surface area (Å²) in [6, 6.07) is 3.51. The Morgan fingerprint density at radius 2 is 2.00 bits per heavy atom. The zero-order valence-corrected chi connectivity index (χ0v) is 14.9. The van der Waals surface area contributed by atoms with Crippen molar-refractivity contribution in [2.45, 2.75) is 18.4 Å². The van der Waals surface area contributed by atoms with Crippen LogP contribution in [0, 0.1) is 12.7 Å². The van der Waals surface area contributed by atoms with Gasteiger partial charge in [0.2, 0.25) is 10.0 Å². The van der Waals surface area contributed by atoms with Crippen LogP contribution in [0.1, 0.15) is 11.3 Å². The van der Waals surface area contributed by atoms with E-state index in [1.807, 2.05) is 6.92 Å². The SMILES string of the molecule is COc1ccc(F)cc1S(=O)(=O)N1CCN(Cc2cnoc2C)CC1. The summed E-state index contributed by atoms with van der Waals surface area (Å²) < 4.78 is 50.7. The molecule has 0 amide bonds. The summed E-state index contributed by atoms with van der Waals surface area (Å²) in [5, 5.41) is 3.75. The third kappa shape index (κ3) is 3.68. The summed E-state index contributed by atoms with van der Waals surface area (Å²) in [5.41, 5.74) is 0.989. The van der Waals surface area contributed by atoms with Gasteiger partial charge in [-0.2, -0.15) is 4.31 Å². The molecular formula is C16H20FN3O4S. The second-order valence-electron chi connectivity index (χ2n) is 5.88. The minimum absolute atomic E-state index is 0.140. The molecule has 0 unspecified atom stereocenters. The summed E-state index contributed by atoms with van der Waals surface area (Å²) in [6.07, 6.45) is 1.68. The number of halogens is 1. The molecule has 25 heavy (non-hydrogen) atoms. The van der Waals surface area contributed by atoms with E-state index < -0.39 is 15.8 Å². The topological polar surface area (TPSA) is 75.9 Å². The average Bonchev–Trinajstić information content (AvgIpc) is 3.00. The van der Waals surface area contributed by atoms with Crippen molar-refractivity contribution in [3.05, 3.63) is 41.5 Å². The van der Waals surface area contributed by atoms with Gasteiger partial charge in [-0.3, -0.25) is 4.90 Å². The largest absolute Gasteiger partial charge is 0.495 e. The fraction of sp³-hybridized carbons (Fsp3) is 0.438. The molecule has 2 aromatic rings. The molecule has 1 aromatic heterocycles. The minimum Gasteiger partial charge on any atom is -0.495 e. The van der Waals surface area contributed by atoms with Crippen LogP contribution in [0.15, 0.2) is 33.8 Å². The predicted octanol–water partition coefficient (Wildman–Crippen LogP) is 1.64. The molecular weight excluding hydrogens is 349 g/mol. The Morgan fingerprint density at radius 3 is 2.60 bits per heavy atom. The van der Waals surface area contributed by atoms with Crippen LogP contribution in [0.4, 0.5) is 4.39 Å². The first-order valence-corrected chi connectivity index (χ1v) is 9.32. The van der Waals surface area contributed by atoms with Crippen molar-refractivity contribution in [1.82, 2.24) is 14.4 Å². The van der Waals surface area contributed by atoms with E-state index in [0.717, 1.165) is 17.4 Å². The van der Waals surface area contributed by atoms with E-state index in [2.05, 4.69) is 10.1 Å². The lowest BCUT2D eigenvalue weighted by atomic mass is 10.2. The van der Waals surface area contributed by atoms with Crippen LogP contribution < -0.4 is 4.74 Å². The highest BCUT2D eigenvalue weighted by Crippen LogP contribution is 2.28. The van der Waals surface area contributed by atoms with Crippen molar-refractivity contribution in [2.75, 3.05) is 33.3 Å². The van der Waals surface area contributed by atoms with E-state index in [4.69, 9.17) is 9.26 Å². The fourth-order valence-electron chi connectivity index (χ4n) is 2.83. The number of benzene rings is 1. The van der Waals surface area contributed by atoms with Gasteiger partial charge in [0, 0.05) is 38.3 Å². The van der Waals surface area contributed by atoms with Crippen molar-refractivity contribution in [3.8, 4) is 5.75 Å². The van der Waals surface area contributed by atoms with E-state index in [1.54, 1.807) is 6.20 Å². The molecule has 2 heterocycles. The van der Waals surface area contributed by atoms with Crippen LogP contribution in [0.25, 0.3) is 0 Å². The van der Waals surface area contributed by atoms with Crippen LogP contribution in [-0.4, -0.2) is 56.1 Å². The molecule has 9 heteroatoms. The highest BCUT2D eigenvalue weighted by Gasteiger charge is 2.31. The number of piperazine rings is 1. The second kappa shape index (κ2) is 7.11. The highest BCUT2D eigenvalue weighted by molar-refractivity contribution is 7.89. The molecule has 1 saturated heterocycles. The number of methoxy groups -OCH3 is 1. The molecule has 0 radical (unpaired) electrons. The van der Waals surface area contributed by atoms with Gasteiger partial charge in [0.05, 0.1) is 13.3 Å². The molecule has 7 nitrogen and oxygen atoms in total. The van der Waals surface area contributed by atoms with Crippen molar-refractivity contribution < 1.29 is 22.1 Å². The molecule has 0 aliphatic carbocycles. The molecule has 0 atom stereocenters. The smallest absolute Gasteiger partial charge is 0.246 e. The van der Waals surface area contributed by atoms with Gasteiger partial charge in [-0.25, -0.2) is 12.8 Å². The van der Waals surface area contributed by atoms with Crippen molar-refractivity contribution in [1.29, 1.82) is 0 Å². The normalized spacial score (nSPS) is 16.9. The third-order valence-corrected chi connectivity index (χ3v) is 6.24. The summed E-state index contributed by atoms with van der Waals surface area (Å²) in [5.74, 6) is 0.296. The summed E-state index contributed by atoms with van der Waals surface area (Å²) in [6.45, 7) is 4.30. The van der Waals surface area contributed by atoms with Crippen LogP contribution in [0.3, 0.4) is 0 Å². The summed E-state index contributed by atoms with van der Waals surface area (Å²) in [7, 11) is -2.44. The fourth-order valence-corrected chi connectivity index (χ4v) is 4.42. The Kier molecular flexibility index (Phi) is 5.07. The van der Waals surface area contributed by atoms with Crippen LogP contribution in [0.5, 0.6) is 5.75 Å². The van der Waals surface area contributed by atoms with Gasteiger partial charge in [0.25, 0.3) is 0 Å². The molecule has 3 rings (SSSR count). The summed E-state index contributed by atoms with van der Waals surface area (Å²) >= 11 is 0. The van der Waals surface area contributed by atoms with Crippen LogP contribution in [-0.2, 0) is 16.6 Å². The van der Waals surface area contributed by atoms with E-state index in [1.165, 1.54) is 23.5 Å². The maximum absolute atomic E-state index is 13.5. The van der Waals surface area contributed by atoms with Crippen molar-refractivity contribution in [3.63, 3.8) is 0 Å². The molecule has 1 aliphatic heterocycles. The lowest BCUT2D eigenvalue weighted by Gasteiger charge is -2.34. The molecule has 0 saturated carbocycles. The Bertz CT molecular complexity index is 845. The first-order valence-electron chi connectivity index (χ1n) is 7.88. The highest BCUT2D eigenvalue weighted by atomic mass is 32.2. The zero-order valence-electron chi connectivity index (χ0n) is 14.1. The van der Waals surface area contributed by atoms with Crippen molar-refractivity contribution >= 4 is 10.0 Å². The Hall–Kier alpha value is -1.97. The maximum atomic E-state index is 13.5. The van der Waals surface area contributed by atoms with Crippen LogP contribution in [0.2, 0.25) is 0 Å². The van der Waals surface area contributed by atoms with E-state index in [0.29, 0.717) is 32.7 Å². The molecule has 136 valence electrons. The first-order chi connectivity index (χ1) is 11.9. The van der Waals surface area contributed by atoms with E-state index in [-0.39, 0.29) is 10.6 Å². The number of nitrogens with zero attached hydrogens (tertiary/aromatic N) is 3. The lowest BCUT2D eigenvalue weighted by Crippen LogP contribution is -2.48. The van der Waals surface area contributed by atoms with E-state index in [9.17, 15) is 12.8 Å². The number of sulfonamides is 1. The number of hydrogen-bond acceptors (Lipinski definition) is 6. The number of hydrogen-bond donors (Lipinski definition) is 0.